The first-order valence-corrected chi connectivity index (χ1v) is 7.51. The van der Waals surface area contributed by atoms with Gasteiger partial charge >= 0.3 is 12.1 Å². The fourth-order valence-corrected chi connectivity index (χ4v) is 2.63. The van der Waals surface area contributed by atoms with Gasteiger partial charge in [0.2, 0.25) is 5.91 Å². The van der Waals surface area contributed by atoms with Gasteiger partial charge in [0.15, 0.2) is 6.04 Å². The van der Waals surface area contributed by atoms with Gasteiger partial charge in [-0.15, -0.1) is 0 Å². The van der Waals surface area contributed by atoms with Crippen molar-refractivity contribution in [2.45, 2.75) is 57.9 Å². The zero-order valence-electron chi connectivity index (χ0n) is 14.5. The highest BCUT2D eigenvalue weighted by Gasteiger charge is 2.43. The van der Waals surface area contributed by atoms with Crippen molar-refractivity contribution in [3.8, 4) is 0 Å². The molecule has 1 rings (SSSR count). The number of hydrogen-bond donors (Lipinski definition) is 1. The Morgan fingerprint density at radius 3 is 2.35 bits per heavy atom. The van der Waals surface area contributed by atoms with Crippen LogP contribution in [0.2, 0.25) is 0 Å². The van der Waals surface area contributed by atoms with E-state index in [1.807, 2.05) is 20.8 Å². The molecule has 132 valence electrons. The number of carbonyl (C=O) groups excluding carboxylic acids is 3. The van der Waals surface area contributed by atoms with Crippen LogP contribution in [0.4, 0.5) is 4.79 Å². The number of ether oxygens (including phenoxy) is 3. The molecule has 1 saturated heterocycles. The van der Waals surface area contributed by atoms with Gasteiger partial charge < -0.3 is 24.4 Å². The summed E-state index contributed by atoms with van der Waals surface area (Å²) in [7, 11) is 2.49. The van der Waals surface area contributed by atoms with Gasteiger partial charge in [0, 0.05) is 6.54 Å². The first-order valence-electron chi connectivity index (χ1n) is 7.51. The molecular weight excluding hydrogens is 304 g/mol. The van der Waals surface area contributed by atoms with Crippen molar-refractivity contribution in [2.24, 2.45) is 0 Å². The Bertz CT molecular complexity index is 459. The van der Waals surface area contributed by atoms with Crippen molar-refractivity contribution in [1.82, 2.24) is 10.2 Å². The van der Waals surface area contributed by atoms with Crippen molar-refractivity contribution < 1.29 is 28.6 Å². The van der Waals surface area contributed by atoms with Crippen LogP contribution in [-0.2, 0) is 23.8 Å². The van der Waals surface area contributed by atoms with Gasteiger partial charge in [-0.1, -0.05) is 0 Å². The number of nitrogens with zero attached hydrogens (tertiary/aromatic N) is 1. The molecule has 1 heterocycles. The minimum absolute atomic E-state index is 0.325. The van der Waals surface area contributed by atoms with Gasteiger partial charge in [0.1, 0.15) is 6.04 Å². The van der Waals surface area contributed by atoms with Gasteiger partial charge in [-0.2, -0.15) is 0 Å². The van der Waals surface area contributed by atoms with E-state index in [4.69, 9.17) is 9.47 Å². The monoisotopic (exact) mass is 330 g/mol. The van der Waals surface area contributed by atoms with E-state index in [-0.39, 0.29) is 5.91 Å². The molecule has 1 N–H and O–H groups in total. The molecule has 0 aromatic heterocycles. The normalized spacial score (nSPS) is 20.9. The maximum absolute atomic E-state index is 12.5. The third-order valence-electron chi connectivity index (χ3n) is 3.48. The molecule has 0 aromatic carbocycles. The molecule has 3 unspecified atom stereocenters. The molecule has 1 aliphatic rings. The zero-order valence-corrected chi connectivity index (χ0v) is 14.5. The quantitative estimate of drug-likeness (QED) is 0.745. The molecule has 23 heavy (non-hydrogen) atoms. The predicted molar refractivity (Wildman–Crippen MR) is 81.8 cm³/mol. The van der Waals surface area contributed by atoms with Gasteiger partial charge in [-0.25, -0.2) is 9.59 Å². The SMILES string of the molecule is COC(=O)NC1CCN(C(C(=O)OC)C(C)OC(C)(C)C)C1=O. The van der Waals surface area contributed by atoms with E-state index in [1.54, 1.807) is 6.92 Å². The standard InChI is InChI=1S/C15H26N2O6/c1-9(23-15(2,3)4)11(13(19)21-5)17-8-7-10(12(17)18)16-14(20)22-6/h9-11H,7-8H2,1-6H3,(H,16,20). The molecule has 8 nitrogen and oxygen atoms in total. The fourth-order valence-electron chi connectivity index (χ4n) is 2.63. The smallest absolute Gasteiger partial charge is 0.407 e. The number of carbonyl (C=O) groups is 3. The van der Waals surface area contributed by atoms with Crippen LogP contribution in [0, 0.1) is 0 Å². The molecular formula is C15H26N2O6. The summed E-state index contributed by atoms with van der Waals surface area (Å²) in [6, 6.07) is -1.58. The second-order valence-electron chi connectivity index (χ2n) is 6.41. The summed E-state index contributed by atoms with van der Waals surface area (Å²) in [5.41, 5.74) is -0.474. The minimum Gasteiger partial charge on any atom is -0.467 e. The van der Waals surface area contributed by atoms with Crippen LogP contribution in [0.5, 0.6) is 0 Å². The first kappa shape index (κ1) is 19.2. The summed E-state index contributed by atoms with van der Waals surface area (Å²) >= 11 is 0. The lowest BCUT2D eigenvalue weighted by Gasteiger charge is -2.34. The van der Waals surface area contributed by atoms with Crippen molar-refractivity contribution >= 4 is 18.0 Å². The third-order valence-corrected chi connectivity index (χ3v) is 3.48. The highest BCUT2D eigenvalue weighted by Crippen LogP contribution is 2.22. The number of likely N-dealkylation sites (tertiary alicyclic amines) is 1. The molecule has 1 aliphatic heterocycles. The number of amides is 2. The molecule has 0 bridgehead atoms. The van der Waals surface area contributed by atoms with E-state index in [9.17, 15) is 14.4 Å². The van der Waals surface area contributed by atoms with Crippen molar-refractivity contribution in [3.05, 3.63) is 0 Å². The third kappa shape index (κ3) is 5.09. The number of hydrogen-bond acceptors (Lipinski definition) is 6. The molecule has 0 radical (unpaired) electrons. The summed E-state index contributed by atoms with van der Waals surface area (Å²) in [5.74, 6) is -0.899. The lowest BCUT2D eigenvalue weighted by Crippen LogP contribution is -2.53. The Labute approximate surface area is 136 Å². The Kier molecular flexibility index (Phi) is 6.37. The number of alkyl carbamates (subject to hydrolysis) is 1. The van der Waals surface area contributed by atoms with Gasteiger partial charge in [0.05, 0.1) is 25.9 Å². The van der Waals surface area contributed by atoms with Crippen LogP contribution >= 0.6 is 0 Å². The minimum atomic E-state index is -0.865. The predicted octanol–water partition coefficient (Wildman–Crippen LogP) is 0.688. The molecule has 0 aromatic rings. The van der Waals surface area contributed by atoms with Gasteiger partial charge in [-0.05, 0) is 34.1 Å². The van der Waals surface area contributed by atoms with Gasteiger partial charge in [-0.3, -0.25) is 4.79 Å². The summed E-state index contributed by atoms with van der Waals surface area (Å²) in [5, 5.41) is 2.46. The zero-order chi connectivity index (χ0) is 17.8. The Morgan fingerprint density at radius 1 is 1.26 bits per heavy atom. The molecule has 3 atom stereocenters. The lowest BCUT2D eigenvalue weighted by atomic mass is 10.1. The van der Waals surface area contributed by atoms with Crippen LogP contribution in [-0.4, -0.2) is 67.4 Å². The van der Waals surface area contributed by atoms with Crippen LogP contribution in [0.15, 0.2) is 0 Å². The summed E-state index contributed by atoms with van der Waals surface area (Å²) in [6.07, 6.45) is -0.842. The number of rotatable bonds is 5. The molecule has 8 heteroatoms. The topological polar surface area (TPSA) is 94.2 Å². The largest absolute Gasteiger partial charge is 0.467 e. The Hall–Kier alpha value is -1.83. The van der Waals surface area contributed by atoms with Crippen LogP contribution in [0.25, 0.3) is 0 Å². The van der Waals surface area contributed by atoms with Crippen LogP contribution < -0.4 is 5.32 Å². The van der Waals surface area contributed by atoms with E-state index in [0.29, 0.717) is 13.0 Å². The molecule has 1 fully saturated rings. The van der Waals surface area contributed by atoms with Crippen LogP contribution in [0.3, 0.4) is 0 Å². The lowest BCUT2D eigenvalue weighted by molar-refractivity contribution is -0.163. The van der Waals surface area contributed by atoms with E-state index in [0.717, 1.165) is 0 Å². The molecule has 2 amide bonds. The average Bonchev–Trinajstić information content (AvgIpc) is 2.78. The van der Waals surface area contributed by atoms with E-state index < -0.39 is 35.9 Å². The van der Waals surface area contributed by atoms with Crippen molar-refractivity contribution in [2.75, 3.05) is 20.8 Å². The second kappa shape index (κ2) is 7.63. The fraction of sp³-hybridized carbons (Fsp3) is 0.800. The average molecular weight is 330 g/mol. The van der Waals surface area contributed by atoms with E-state index in [2.05, 4.69) is 10.1 Å². The highest BCUT2D eigenvalue weighted by atomic mass is 16.5. The highest BCUT2D eigenvalue weighted by molar-refractivity contribution is 5.91. The molecule has 0 aliphatic carbocycles. The summed E-state index contributed by atoms with van der Waals surface area (Å²) in [4.78, 5) is 37.3. The number of esters is 1. The van der Waals surface area contributed by atoms with Crippen molar-refractivity contribution in [3.63, 3.8) is 0 Å². The second-order valence-corrected chi connectivity index (χ2v) is 6.41. The number of methoxy groups -OCH3 is 2. The maximum atomic E-state index is 12.5. The maximum Gasteiger partial charge on any atom is 0.407 e. The Morgan fingerprint density at radius 2 is 1.87 bits per heavy atom. The molecule has 0 spiro atoms. The van der Waals surface area contributed by atoms with Gasteiger partial charge in [0.25, 0.3) is 0 Å². The summed E-state index contributed by atoms with van der Waals surface area (Å²) < 4.78 is 15.1. The molecule has 0 saturated carbocycles. The summed E-state index contributed by atoms with van der Waals surface area (Å²) in [6.45, 7) is 7.65. The van der Waals surface area contributed by atoms with Crippen molar-refractivity contribution in [1.29, 1.82) is 0 Å². The van der Waals surface area contributed by atoms with E-state index in [1.165, 1.54) is 19.1 Å². The Balaban J connectivity index is 2.90. The number of nitrogens with one attached hydrogen (secondary N) is 1. The van der Waals surface area contributed by atoms with E-state index >= 15 is 0 Å². The first-order chi connectivity index (χ1) is 10.6. The van der Waals surface area contributed by atoms with Crippen LogP contribution in [0.1, 0.15) is 34.1 Å².